The molecule has 1 amide bonds. The third kappa shape index (κ3) is 5.23. The number of nitrogens with one attached hydrogen (secondary N) is 1. The number of anilines is 2. The highest BCUT2D eigenvalue weighted by Gasteiger charge is 2.26. The van der Waals surface area contributed by atoms with Gasteiger partial charge in [0.05, 0.1) is 0 Å². The summed E-state index contributed by atoms with van der Waals surface area (Å²) in [5.41, 5.74) is 1.77. The van der Waals surface area contributed by atoms with Gasteiger partial charge in [-0.3, -0.25) is 4.79 Å². The molecule has 1 aliphatic rings. The summed E-state index contributed by atoms with van der Waals surface area (Å²) in [4.78, 5) is 24.2. The number of rotatable bonds is 6. The first-order valence-corrected chi connectivity index (χ1v) is 11.5. The van der Waals surface area contributed by atoms with Crippen LogP contribution >= 0.6 is 0 Å². The molecule has 0 aliphatic carbocycles. The predicted molar refractivity (Wildman–Crippen MR) is 134 cm³/mol. The molecule has 1 N–H and O–H groups in total. The zero-order valence-electron chi connectivity index (χ0n) is 18.8. The highest BCUT2D eigenvalue weighted by atomic mass is 16.5. The van der Waals surface area contributed by atoms with E-state index in [9.17, 15) is 4.79 Å². The number of aromatic nitrogens is 2. The minimum Gasteiger partial charge on any atom is -0.457 e. The van der Waals surface area contributed by atoms with E-state index < -0.39 is 0 Å². The van der Waals surface area contributed by atoms with E-state index in [0.29, 0.717) is 0 Å². The molecule has 0 unspecified atom stereocenters. The van der Waals surface area contributed by atoms with Crippen molar-refractivity contribution in [3.05, 3.63) is 97.2 Å². The molecule has 1 fully saturated rings. The van der Waals surface area contributed by atoms with Crippen molar-refractivity contribution in [1.29, 1.82) is 0 Å². The van der Waals surface area contributed by atoms with Crippen molar-refractivity contribution >= 4 is 17.4 Å². The number of benzene rings is 3. The van der Waals surface area contributed by atoms with Crippen LogP contribution < -0.4 is 15.0 Å². The summed E-state index contributed by atoms with van der Waals surface area (Å²) in [6.07, 6.45) is 3.37. The fraction of sp³-hybridized carbons (Fsp3) is 0.179. The third-order valence-electron chi connectivity index (χ3n) is 5.96. The fourth-order valence-electron chi connectivity index (χ4n) is 4.10. The van der Waals surface area contributed by atoms with Gasteiger partial charge >= 0.3 is 0 Å². The lowest BCUT2D eigenvalue weighted by Gasteiger charge is -2.32. The van der Waals surface area contributed by atoms with Crippen molar-refractivity contribution in [1.82, 2.24) is 9.97 Å². The summed E-state index contributed by atoms with van der Waals surface area (Å²) >= 11 is 0. The van der Waals surface area contributed by atoms with Crippen molar-refractivity contribution in [2.75, 3.05) is 23.3 Å². The van der Waals surface area contributed by atoms with E-state index in [0.717, 1.165) is 60.3 Å². The Bertz CT molecular complexity index is 1220. The summed E-state index contributed by atoms with van der Waals surface area (Å²) in [5, 5.41) is 3.05. The summed E-state index contributed by atoms with van der Waals surface area (Å²) in [6, 6.07) is 29.0. The quantitative estimate of drug-likeness (QED) is 0.403. The van der Waals surface area contributed by atoms with Crippen LogP contribution in [0.25, 0.3) is 11.4 Å². The maximum absolute atomic E-state index is 12.8. The van der Waals surface area contributed by atoms with E-state index >= 15 is 0 Å². The van der Waals surface area contributed by atoms with Crippen LogP contribution in [-0.4, -0.2) is 29.0 Å². The first-order chi connectivity index (χ1) is 16.7. The number of piperidine rings is 1. The molecule has 34 heavy (non-hydrogen) atoms. The van der Waals surface area contributed by atoms with E-state index in [2.05, 4.69) is 15.2 Å². The van der Waals surface area contributed by atoms with Gasteiger partial charge in [-0.15, -0.1) is 0 Å². The zero-order chi connectivity index (χ0) is 23.2. The number of hydrogen-bond donors (Lipinski definition) is 1. The molecule has 3 aromatic carbocycles. The molecule has 6 heteroatoms. The largest absolute Gasteiger partial charge is 0.457 e. The Labute approximate surface area is 199 Å². The van der Waals surface area contributed by atoms with E-state index in [1.165, 1.54) is 0 Å². The standard InChI is InChI=1S/C28H26N4O2/c33-28(30-23-11-13-25(14-12-23)34-24-9-5-2-6-10-24)22-16-19-32(20-17-22)26-15-18-29-27(31-26)21-7-3-1-4-8-21/h1-15,18,22H,16-17,19-20H2,(H,30,33). The molecule has 1 aliphatic heterocycles. The molecule has 5 rings (SSSR count). The molecular weight excluding hydrogens is 424 g/mol. The molecule has 2 heterocycles. The van der Waals surface area contributed by atoms with Crippen molar-refractivity contribution < 1.29 is 9.53 Å². The number of nitrogens with zero attached hydrogens (tertiary/aromatic N) is 3. The van der Waals surface area contributed by atoms with Gasteiger partial charge in [0.25, 0.3) is 0 Å². The second-order valence-electron chi connectivity index (χ2n) is 8.29. The van der Waals surface area contributed by atoms with E-state index in [-0.39, 0.29) is 11.8 Å². The Morgan fingerprint density at radius 1 is 0.824 bits per heavy atom. The van der Waals surface area contributed by atoms with Crippen LogP contribution in [0.2, 0.25) is 0 Å². The molecule has 0 saturated carbocycles. The number of carbonyl (C=O) groups excluding carboxylic acids is 1. The number of hydrogen-bond acceptors (Lipinski definition) is 5. The second-order valence-corrected chi connectivity index (χ2v) is 8.29. The first-order valence-electron chi connectivity index (χ1n) is 11.5. The molecule has 1 aromatic heterocycles. The molecule has 1 saturated heterocycles. The number of amides is 1. The van der Waals surface area contributed by atoms with Crippen molar-refractivity contribution in [3.63, 3.8) is 0 Å². The maximum Gasteiger partial charge on any atom is 0.227 e. The summed E-state index contributed by atoms with van der Waals surface area (Å²) in [7, 11) is 0. The maximum atomic E-state index is 12.8. The minimum absolute atomic E-state index is 0.0214. The van der Waals surface area contributed by atoms with Gasteiger partial charge in [0.2, 0.25) is 5.91 Å². The van der Waals surface area contributed by atoms with Gasteiger partial charge in [-0.1, -0.05) is 48.5 Å². The predicted octanol–water partition coefficient (Wildman–Crippen LogP) is 5.79. The van der Waals surface area contributed by atoms with Crippen LogP contribution in [0.15, 0.2) is 97.2 Å². The molecule has 6 nitrogen and oxygen atoms in total. The van der Waals surface area contributed by atoms with Crippen molar-refractivity contribution in [3.8, 4) is 22.9 Å². The zero-order valence-corrected chi connectivity index (χ0v) is 18.8. The molecule has 4 aromatic rings. The highest BCUT2D eigenvalue weighted by Crippen LogP contribution is 2.26. The smallest absolute Gasteiger partial charge is 0.227 e. The first kappa shape index (κ1) is 21.6. The van der Waals surface area contributed by atoms with E-state index in [4.69, 9.17) is 9.72 Å². The van der Waals surface area contributed by atoms with Gasteiger partial charge in [0.15, 0.2) is 5.82 Å². The summed E-state index contributed by atoms with van der Waals surface area (Å²) in [5.74, 6) is 3.18. The second kappa shape index (κ2) is 10.2. The molecule has 0 radical (unpaired) electrons. The average Bonchev–Trinajstić information content (AvgIpc) is 2.91. The third-order valence-corrected chi connectivity index (χ3v) is 5.96. The van der Waals surface area contributed by atoms with Crippen LogP contribution in [0.1, 0.15) is 12.8 Å². The summed E-state index contributed by atoms with van der Waals surface area (Å²) in [6.45, 7) is 1.57. The van der Waals surface area contributed by atoms with E-state index in [1.807, 2.05) is 91.0 Å². The lowest BCUT2D eigenvalue weighted by molar-refractivity contribution is -0.120. The van der Waals surface area contributed by atoms with E-state index in [1.54, 1.807) is 6.20 Å². The van der Waals surface area contributed by atoms with Gasteiger partial charge in [0, 0.05) is 36.5 Å². The SMILES string of the molecule is O=C(Nc1ccc(Oc2ccccc2)cc1)C1CCN(c2ccnc(-c3ccccc3)n2)CC1. The molecule has 0 bridgehead atoms. The minimum atomic E-state index is -0.0214. The Balaban J connectivity index is 1.15. The van der Waals surface area contributed by atoms with Gasteiger partial charge in [-0.2, -0.15) is 0 Å². The molecule has 0 spiro atoms. The van der Waals surface area contributed by atoms with Crippen LogP contribution in [0.3, 0.4) is 0 Å². The van der Waals surface area contributed by atoms with Gasteiger partial charge in [0.1, 0.15) is 17.3 Å². The van der Waals surface area contributed by atoms with Gasteiger partial charge in [-0.25, -0.2) is 9.97 Å². The average molecular weight is 451 g/mol. The topological polar surface area (TPSA) is 67.3 Å². The number of para-hydroxylation sites is 1. The number of ether oxygens (including phenoxy) is 1. The molecule has 170 valence electrons. The normalized spacial score (nSPS) is 13.9. The Morgan fingerprint density at radius 3 is 2.18 bits per heavy atom. The lowest BCUT2D eigenvalue weighted by Crippen LogP contribution is -2.38. The van der Waals surface area contributed by atoms with Crippen molar-refractivity contribution in [2.24, 2.45) is 5.92 Å². The van der Waals surface area contributed by atoms with Crippen LogP contribution in [-0.2, 0) is 4.79 Å². The lowest BCUT2D eigenvalue weighted by atomic mass is 9.96. The van der Waals surface area contributed by atoms with Crippen LogP contribution in [0, 0.1) is 5.92 Å². The van der Waals surface area contributed by atoms with Crippen LogP contribution in [0.4, 0.5) is 11.5 Å². The van der Waals surface area contributed by atoms with Gasteiger partial charge in [-0.05, 0) is 55.3 Å². The molecular formula is C28H26N4O2. The fourth-order valence-corrected chi connectivity index (χ4v) is 4.10. The Morgan fingerprint density at radius 2 is 1.47 bits per heavy atom. The highest BCUT2D eigenvalue weighted by molar-refractivity contribution is 5.92. The van der Waals surface area contributed by atoms with Crippen LogP contribution in [0.5, 0.6) is 11.5 Å². The number of carbonyl (C=O) groups is 1. The Hall–Kier alpha value is -4.19. The Kier molecular flexibility index (Phi) is 6.47. The monoisotopic (exact) mass is 450 g/mol. The molecule has 0 atom stereocenters. The van der Waals surface area contributed by atoms with Gasteiger partial charge < -0.3 is 15.0 Å². The summed E-state index contributed by atoms with van der Waals surface area (Å²) < 4.78 is 5.82. The van der Waals surface area contributed by atoms with Crippen molar-refractivity contribution in [2.45, 2.75) is 12.8 Å².